The first-order valence-corrected chi connectivity index (χ1v) is 15.0. The topological polar surface area (TPSA) is 38.7 Å². The van der Waals surface area contributed by atoms with Crippen molar-refractivity contribution in [2.45, 2.75) is 103 Å². The van der Waals surface area contributed by atoms with Crippen LogP contribution >= 0.6 is 0 Å². The maximum absolute atomic E-state index is 11.0. The lowest BCUT2D eigenvalue weighted by Gasteiger charge is -2.35. The zero-order chi connectivity index (χ0) is 27.9. The Balaban J connectivity index is 1.55. The van der Waals surface area contributed by atoms with Crippen molar-refractivity contribution in [3.05, 3.63) is 94.0 Å². The molecule has 0 bridgehead atoms. The molecule has 3 heteroatoms. The van der Waals surface area contributed by atoms with Gasteiger partial charge in [-0.2, -0.15) is 0 Å². The van der Waals surface area contributed by atoms with Crippen molar-refractivity contribution >= 4 is 0 Å². The van der Waals surface area contributed by atoms with E-state index in [4.69, 9.17) is 9.78 Å². The summed E-state index contributed by atoms with van der Waals surface area (Å²) in [4.78, 5) is 9.72. The highest BCUT2D eigenvalue weighted by atomic mass is 17.2. The highest BCUT2D eigenvalue weighted by Gasteiger charge is 2.32. The number of hydrogen-bond acceptors (Lipinski definition) is 3. The normalized spacial score (nSPS) is 15.4. The predicted octanol–water partition coefficient (Wildman–Crippen LogP) is 8.82. The third kappa shape index (κ3) is 6.82. The van der Waals surface area contributed by atoms with Crippen LogP contribution in [0.25, 0.3) is 11.1 Å². The van der Waals surface area contributed by atoms with Crippen molar-refractivity contribution in [1.82, 2.24) is 0 Å². The standard InChI is InChI=1S/C36H48O3/c1-6-36(7-2,32-16-15-30(27(3)25-32)19-23-35(37)21-9-8-10-22-35)33-17-18-34(28(4)26-33)31-13-11-29(12-14-31)20-24-39-38-5/h11-18,25-26,37H,6-10,19-24H2,1-5H3. The first-order valence-electron chi connectivity index (χ1n) is 15.0. The smallest absolute Gasteiger partial charge is 0.0862 e. The molecule has 1 aliphatic carbocycles. The van der Waals surface area contributed by atoms with E-state index in [1.807, 2.05) is 0 Å². The van der Waals surface area contributed by atoms with Gasteiger partial charge in [0.2, 0.25) is 0 Å². The summed E-state index contributed by atoms with van der Waals surface area (Å²) in [6.45, 7) is 9.68. The highest BCUT2D eigenvalue weighted by molar-refractivity contribution is 5.68. The summed E-state index contributed by atoms with van der Waals surface area (Å²) in [5, 5.41) is 11.0. The van der Waals surface area contributed by atoms with E-state index in [0.717, 1.165) is 57.8 Å². The van der Waals surface area contributed by atoms with E-state index in [9.17, 15) is 5.11 Å². The highest BCUT2D eigenvalue weighted by Crippen LogP contribution is 2.41. The second kappa shape index (κ2) is 13.3. The van der Waals surface area contributed by atoms with Crippen LogP contribution in [-0.4, -0.2) is 24.4 Å². The van der Waals surface area contributed by atoms with E-state index in [2.05, 4.69) is 88.4 Å². The molecule has 3 aromatic rings. The lowest BCUT2D eigenvalue weighted by Crippen LogP contribution is -2.31. The van der Waals surface area contributed by atoms with Gasteiger partial charge in [-0.3, -0.25) is 0 Å². The molecule has 0 atom stereocenters. The third-order valence-corrected chi connectivity index (χ3v) is 9.38. The molecule has 0 saturated heterocycles. The summed E-state index contributed by atoms with van der Waals surface area (Å²) in [6, 6.07) is 23.0. The van der Waals surface area contributed by atoms with Gasteiger partial charge in [0, 0.05) is 5.41 Å². The number of benzene rings is 3. The Morgan fingerprint density at radius 2 is 1.44 bits per heavy atom. The molecule has 39 heavy (non-hydrogen) atoms. The van der Waals surface area contributed by atoms with Crippen LogP contribution in [0.3, 0.4) is 0 Å². The van der Waals surface area contributed by atoms with Crippen molar-refractivity contribution in [3.8, 4) is 11.1 Å². The Morgan fingerprint density at radius 1 is 0.795 bits per heavy atom. The second-order valence-electron chi connectivity index (χ2n) is 11.7. The van der Waals surface area contributed by atoms with E-state index in [1.54, 1.807) is 7.11 Å². The van der Waals surface area contributed by atoms with Crippen LogP contribution in [0.2, 0.25) is 0 Å². The summed E-state index contributed by atoms with van der Waals surface area (Å²) in [5.41, 5.74) is 10.1. The van der Waals surface area contributed by atoms with Gasteiger partial charge in [-0.1, -0.05) is 93.8 Å². The van der Waals surface area contributed by atoms with Gasteiger partial charge in [0.05, 0.1) is 19.3 Å². The van der Waals surface area contributed by atoms with Crippen molar-refractivity contribution in [1.29, 1.82) is 0 Å². The Kier molecular flexibility index (Phi) is 10.0. The van der Waals surface area contributed by atoms with Crippen molar-refractivity contribution in [2.24, 2.45) is 0 Å². The van der Waals surface area contributed by atoms with Gasteiger partial charge in [0.1, 0.15) is 0 Å². The Labute approximate surface area is 236 Å². The molecule has 0 aliphatic heterocycles. The molecule has 0 aromatic heterocycles. The van der Waals surface area contributed by atoms with Crippen LogP contribution in [0.15, 0.2) is 60.7 Å². The van der Waals surface area contributed by atoms with E-state index >= 15 is 0 Å². The van der Waals surface area contributed by atoms with E-state index in [-0.39, 0.29) is 5.41 Å². The summed E-state index contributed by atoms with van der Waals surface area (Å²) >= 11 is 0. The number of aryl methyl sites for hydroxylation is 3. The third-order valence-electron chi connectivity index (χ3n) is 9.38. The van der Waals surface area contributed by atoms with Crippen molar-refractivity contribution < 1.29 is 14.9 Å². The molecule has 210 valence electrons. The largest absolute Gasteiger partial charge is 0.390 e. The molecule has 3 aromatic carbocycles. The molecule has 1 aliphatic rings. The molecular weight excluding hydrogens is 480 g/mol. The number of aliphatic hydroxyl groups is 1. The van der Waals surface area contributed by atoms with Gasteiger partial charge >= 0.3 is 0 Å². The molecule has 1 saturated carbocycles. The fourth-order valence-corrected chi connectivity index (χ4v) is 6.71. The summed E-state index contributed by atoms with van der Waals surface area (Å²) in [6.07, 6.45) is 10.3. The quantitative estimate of drug-likeness (QED) is 0.145. The minimum atomic E-state index is -0.460. The molecule has 3 nitrogen and oxygen atoms in total. The first kappa shape index (κ1) is 29.5. The van der Waals surface area contributed by atoms with Crippen LogP contribution in [-0.2, 0) is 28.0 Å². The van der Waals surface area contributed by atoms with Crippen LogP contribution in [0, 0.1) is 13.8 Å². The van der Waals surface area contributed by atoms with E-state index in [0.29, 0.717) is 6.61 Å². The molecule has 1 N–H and O–H groups in total. The van der Waals surface area contributed by atoms with Crippen LogP contribution in [0.4, 0.5) is 0 Å². The predicted molar refractivity (Wildman–Crippen MR) is 162 cm³/mol. The molecule has 0 heterocycles. The molecular formula is C36H48O3. The number of rotatable bonds is 12. The van der Waals surface area contributed by atoms with Crippen LogP contribution in [0.1, 0.15) is 98.6 Å². The second-order valence-corrected chi connectivity index (χ2v) is 11.7. The van der Waals surface area contributed by atoms with Gasteiger partial charge in [-0.05, 0) is 103 Å². The molecule has 0 radical (unpaired) electrons. The molecule has 0 amide bonds. The van der Waals surface area contributed by atoms with E-state index < -0.39 is 5.60 Å². The zero-order valence-electron chi connectivity index (χ0n) is 24.8. The Morgan fingerprint density at radius 3 is 2.03 bits per heavy atom. The summed E-state index contributed by atoms with van der Waals surface area (Å²) in [7, 11) is 1.54. The SMILES string of the molecule is CCC(CC)(c1ccc(CCC2(O)CCCCC2)c(C)c1)c1ccc(-c2ccc(CCOOC)cc2)c(C)c1. The maximum atomic E-state index is 11.0. The monoisotopic (exact) mass is 528 g/mol. The van der Waals surface area contributed by atoms with Gasteiger partial charge in [0.15, 0.2) is 0 Å². The van der Waals surface area contributed by atoms with Crippen LogP contribution < -0.4 is 0 Å². The fourth-order valence-electron chi connectivity index (χ4n) is 6.71. The van der Waals surface area contributed by atoms with Crippen LogP contribution in [0.5, 0.6) is 0 Å². The van der Waals surface area contributed by atoms with Gasteiger partial charge < -0.3 is 5.11 Å². The summed E-state index contributed by atoms with van der Waals surface area (Å²) in [5.74, 6) is 0. The first-order chi connectivity index (χ1) is 18.8. The zero-order valence-corrected chi connectivity index (χ0v) is 24.8. The van der Waals surface area contributed by atoms with E-state index in [1.165, 1.54) is 50.9 Å². The molecule has 0 spiro atoms. The maximum Gasteiger partial charge on any atom is 0.0862 e. The van der Waals surface area contributed by atoms with Gasteiger partial charge in [0.25, 0.3) is 0 Å². The average molecular weight is 529 g/mol. The van der Waals surface area contributed by atoms with Gasteiger partial charge in [-0.15, -0.1) is 0 Å². The number of hydrogen-bond donors (Lipinski definition) is 1. The lowest BCUT2D eigenvalue weighted by molar-refractivity contribution is -0.271. The average Bonchev–Trinajstić information content (AvgIpc) is 2.95. The molecule has 4 rings (SSSR count). The Bertz CT molecular complexity index is 1200. The molecule has 1 fully saturated rings. The summed E-state index contributed by atoms with van der Waals surface area (Å²) < 4.78 is 0. The minimum absolute atomic E-state index is 0.0145. The molecule has 0 unspecified atom stereocenters. The lowest BCUT2D eigenvalue weighted by atomic mass is 9.69. The van der Waals surface area contributed by atoms with Crippen molar-refractivity contribution in [3.63, 3.8) is 0 Å². The van der Waals surface area contributed by atoms with Gasteiger partial charge in [-0.25, -0.2) is 9.78 Å². The van der Waals surface area contributed by atoms with Crippen molar-refractivity contribution in [2.75, 3.05) is 13.7 Å². The minimum Gasteiger partial charge on any atom is -0.390 e. The Hall–Kier alpha value is -2.46. The fraction of sp³-hybridized carbons (Fsp3) is 0.500.